The van der Waals surface area contributed by atoms with Gasteiger partial charge >= 0.3 is 0 Å². The van der Waals surface area contributed by atoms with E-state index in [1.807, 2.05) is 36.4 Å². The zero-order chi connectivity index (χ0) is 19.3. The Balaban J connectivity index is 1.61. The van der Waals surface area contributed by atoms with E-state index in [1.165, 1.54) is 6.33 Å². The molecule has 7 heteroatoms. The van der Waals surface area contributed by atoms with Gasteiger partial charge in [-0.2, -0.15) is 10.1 Å². The molecule has 0 radical (unpaired) electrons. The summed E-state index contributed by atoms with van der Waals surface area (Å²) in [4.78, 5) is 17.5. The topological polar surface area (TPSA) is 80.0 Å². The van der Waals surface area contributed by atoms with Crippen molar-refractivity contribution >= 4 is 23.3 Å². The number of phenols is 1. The number of hydrogen-bond donors (Lipinski definition) is 2. The molecular weight excluding hydrogens is 376 g/mol. The van der Waals surface area contributed by atoms with Crippen LogP contribution in [0.2, 0.25) is 5.02 Å². The molecular formula is C21H17ClN4O2. The molecule has 140 valence electrons. The van der Waals surface area contributed by atoms with E-state index in [1.54, 1.807) is 16.8 Å². The van der Waals surface area contributed by atoms with Crippen LogP contribution in [0.1, 0.15) is 35.9 Å². The standard InChI is InChI=1S/C21H17ClN4O2/c22-14-7-5-12(6-8-14)20-19-16(25-21-23-11-24-26(20)21)9-13(10-18(19)28)15-3-1-2-4-17(15)27/h1-8,11,13,20,27H,9-10H2,(H,23,24,25)/t13-,20-/m0/s1. The van der Waals surface area contributed by atoms with Crippen molar-refractivity contribution in [2.45, 2.75) is 24.8 Å². The van der Waals surface area contributed by atoms with Gasteiger partial charge in [-0.1, -0.05) is 41.9 Å². The van der Waals surface area contributed by atoms with E-state index in [0.717, 1.165) is 16.8 Å². The first-order valence-corrected chi connectivity index (χ1v) is 9.45. The second-order valence-electron chi connectivity index (χ2n) is 7.09. The summed E-state index contributed by atoms with van der Waals surface area (Å²) in [5, 5.41) is 18.5. The van der Waals surface area contributed by atoms with Crippen molar-refractivity contribution < 1.29 is 9.90 Å². The summed E-state index contributed by atoms with van der Waals surface area (Å²) in [5.41, 5.74) is 3.26. The molecule has 1 aliphatic heterocycles. The second-order valence-corrected chi connectivity index (χ2v) is 7.52. The van der Waals surface area contributed by atoms with Crippen molar-refractivity contribution in [2.75, 3.05) is 5.32 Å². The first-order chi connectivity index (χ1) is 13.6. The number of anilines is 1. The van der Waals surface area contributed by atoms with E-state index in [4.69, 9.17) is 11.6 Å². The minimum absolute atomic E-state index is 0.0445. The minimum atomic E-state index is -0.344. The third-order valence-electron chi connectivity index (χ3n) is 5.42. The summed E-state index contributed by atoms with van der Waals surface area (Å²) in [6.07, 6.45) is 2.44. The zero-order valence-electron chi connectivity index (χ0n) is 14.8. The zero-order valence-corrected chi connectivity index (χ0v) is 15.6. The van der Waals surface area contributed by atoms with Gasteiger partial charge in [0.25, 0.3) is 0 Å². The number of carbonyl (C=O) groups is 1. The fourth-order valence-electron chi connectivity index (χ4n) is 4.16. The number of rotatable bonds is 2. The van der Waals surface area contributed by atoms with Crippen molar-refractivity contribution in [2.24, 2.45) is 0 Å². The van der Waals surface area contributed by atoms with Gasteiger partial charge in [-0.25, -0.2) is 4.68 Å². The molecule has 0 spiro atoms. The Kier molecular flexibility index (Phi) is 3.94. The van der Waals surface area contributed by atoms with E-state index in [2.05, 4.69) is 15.4 Å². The summed E-state index contributed by atoms with van der Waals surface area (Å²) < 4.78 is 1.74. The van der Waals surface area contributed by atoms with Gasteiger partial charge in [0.2, 0.25) is 5.95 Å². The predicted octanol–water partition coefficient (Wildman–Crippen LogP) is 4.05. The molecule has 0 bridgehead atoms. The highest BCUT2D eigenvalue weighted by molar-refractivity contribution is 6.30. The van der Waals surface area contributed by atoms with Crippen molar-refractivity contribution in [3.63, 3.8) is 0 Å². The SMILES string of the molecule is O=C1C[C@@H](c2ccccc2O)CC2=C1[C@H](c1ccc(Cl)cc1)n1ncnc1N2. The van der Waals surface area contributed by atoms with Gasteiger partial charge in [0.1, 0.15) is 18.1 Å². The molecule has 5 rings (SSSR count). The van der Waals surface area contributed by atoms with Crippen LogP contribution in [0, 0.1) is 0 Å². The van der Waals surface area contributed by atoms with E-state index in [-0.39, 0.29) is 23.5 Å². The molecule has 2 N–H and O–H groups in total. The lowest BCUT2D eigenvalue weighted by Gasteiger charge is -2.35. The summed E-state index contributed by atoms with van der Waals surface area (Å²) in [6, 6.07) is 14.3. The lowest BCUT2D eigenvalue weighted by atomic mass is 9.77. The summed E-state index contributed by atoms with van der Waals surface area (Å²) in [5.74, 6) is 0.783. The number of allylic oxidation sites excluding steroid dienone is 2. The van der Waals surface area contributed by atoms with Crippen molar-refractivity contribution in [3.05, 3.63) is 82.3 Å². The smallest absolute Gasteiger partial charge is 0.226 e. The highest BCUT2D eigenvalue weighted by atomic mass is 35.5. The molecule has 2 heterocycles. The molecule has 2 atom stereocenters. The monoisotopic (exact) mass is 392 g/mol. The third kappa shape index (κ3) is 2.68. The van der Waals surface area contributed by atoms with Crippen LogP contribution < -0.4 is 5.32 Å². The predicted molar refractivity (Wildman–Crippen MR) is 105 cm³/mol. The fourth-order valence-corrected chi connectivity index (χ4v) is 4.28. The van der Waals surface area contributed by atoms with Crippen LogP contribution in [-0.4, -0.2) is 25.7 Å². The number of aromatic nitrogens is 3. The maximum atomic E-state index is 13.2. The number of nitrogens with one attached hydrogen (secondary N) is 1. The third-order valence-corrected chi connectivity index (χ3v) is 5.68. The van der Waals surface area contributed by atoms with Crippen LogP contribution in [0.4, 0.5) is 5.95 Å². The largest absolute Gasteiger partial charge is 0.508 e. The highest BCUT2D eigenvalue weighted by Gasteiger charge is 2.39. The molecule has 28 heavy (non-hydrogen) atoms. The van der Waals surface area contributed by atoms with E-state index >= 15 is 0 Å². The van der Waals surface area contributed by atoms with E-state index in [0.29, 0.717) is 29.4 Å². The summed E-state index contributed by atoms with van der Waals surface area (Å²) in [6.45, 7) is 0. The second kappa shape index (κ2) is 6.49. The summed E-state index contributed by atoms with van der Waals surface area (Å²) >= 11 is 6.05. The number of hydrogen-bond acceptors (Lipinski definition) is 5. The number of fused-ring (bicyclic) bond motifs is 1. The van der Waals surface area contributed by atoms with Crippen LogP contribution in [0.15, 0.2) is 66.1 Å². The average molecular weight is 393 g/mol. The molecule has 2 aromatic carbocycles. The maximum Gasteiger partial charge on any atom is 0.226 e. The number of para-hydroxylation sites is 1. The Labute approximate surface area is 166 Å². The van der Waals surface area contributed by atoms with Crippen molar-refractivity contribution in [3.8, 4) is 5.75 Å². The van der Waals surface area contributed by atoms with Crippen LogP contribution in [0.5, 0.6) is 5.75 Å². The molecule has 6 nitrogen and oxygen atoms in total. The number of nitrogens with zero attached hydrogens (tertiary/aromatic N) is 3. The molecule has 0 unspecified atom stereocenters. The molecule has 0 saturated carbocycles. The normalized spacial score (nSPS) is 21.1. The average Bonchev–Trinajstić information content (AvgIpc) is 3.15. The first kappa shape index (κ1) is 17.0. The Morgan fingerprint density at radius 3 is 2.68 bits per heavy atom. The van der Waals surface area contributed by atoms with Crippen LogP contribution in [-0.2, 0) is 4.79 Å². The van der Waals surface area contributed by atoms with Gasteiger partial charge in [0, 0.05) is 28.6 Å². The number of Topliss-reactive ketones (excluding diaryl/α,β-unsaturated/α-hetero) is 1. The van der Waals surface area contributed by atoms with Gasteiger partial charge in [-0.05, 0) is 35.7 Å². The number of phenolic OH excluding ortho intramolecular Hbond substituents is 1. The highest BCUT2D eigenvalue weighted by Crippen LogP contribution is 2.45. The Morgan fingerprint density at radius 2 is 1.89 bits per heavy atom. The Morgan fingerprint density at radius 1 is 1.11 bits per heavy atom. The van der Waals surface area contributed by atoms with E-state index < -0.39 is 0 Å². The first-order valence-electron chi connectivity index (χ1n) is 9.08. The lowest BCUT2D eigenvalue weighted by Crippen LogP contribution is -2.33. The van der Waals surface area contributed by atoms with Gasteiger partial charge in [-0.15, -0.1) is 0 Å². The summed E-state index contributed by atoms with van der Waals surface area (Å²) in [7, 11) is 0. The van der Waals surface area contributed by atoms with Crippen LogP contribution in [0.25, 0.3) is 0 Å². The lowest BCUT2D eigenvalue weighted by molar-refractivity contribution is -0.116. The quantitative estimate of drug-likeness (QED) is 0.687. The van der Waals surface area contributed by atoms with Crippen molar-refractivity contribution in [1.29, 1.82) is 0 Å². The maximum absolute atomic E-state index is 13.2. The molecule has 0 fully saturated rings. The number of aromatic hydroxyl groups is 1. The molecule has 0 amide bonds. The van der Waals surface area contributed by atoms with Gasteiger partial charge in [0.05, 0.1) is 0 Å². The van der Waals surface area contributed by atoms with Gasteiger partial charge < -0.3 is 10.4 Å². The van der Waals surface area contributed by atoms with Crippen molar-refractivity contribution in [1.82, 2.24) is 14.8 Å². The molecule has 2 aliphatic rings. The number of halogens is 1. The number of benzene rings is 2. The molecule has 1 aliphatic carbocycles. The van der Waals surface area contributed by atoms with E-state index in [9.17, 15) is 9.90 Å². The Bertz CT molecular complexity index is 1100. The number of carbonyl (C=O) groups excluding carboxylic acids is 1. The van der Waals surface area contributed by atoms with Gasteiger partial charge in [-0.3, -0.25) is 4.79 Å². The number of ketones is 1. The Hall–Kier alpha value is -3.12. The molecule has 3 aromatic rings. The van der Waals surface area contributed by atoms with Crippen LogP contribution >= 0.6 is 11.6 Å². The van der Waals surface area contributed by atoms with Gasteiger partial charge in [0.15, 0.2) is 5.78 Å². The van der Waals surface area contributed by atoms with Crippen LogP contribution in [0.3, 0.4) is 0 Å². The molecule has 0 saturated heterocycles. The fraction of sp³-hybridized carbons (Fsp3) is 0.190. The minimum Gasteiger partial charge on any atom is -0.508 e. The molecule has 1 aromatic heterocycles.